The van der Waals surface area contributed by atoms with Crippen molar-refractivity contribution in [2.75, 3.05) is 19.7 Å². The number of amidine groups is 1. The van der Waals surface area contributed by atoms with Crippen LogP contribution in [-0.2, 0) is 14.3 Å². The normalized spacial score (nSPS) is 17.6. The fourth-order valence-corrected chi connectivity index (χ4v) is 5.22. The Morgan fingerprint density at radius 3 is 2.46 bits per heavy atom. The van der Waals surface area contributed by atoms with Crippen molar-refractivity contribution in [3.8, 4) is 16.9 Å². The van der Waals surface area contributed by atoms with E-state index in [1.807, 2.05) is 84.5 Å². The number of amides is 1. The molecule has 3 heterocycles. The first-order valence-corrected chi connectivity index (χ1v) is 12.6. The highest BCUT2D eigenvalue weighted by Gasteiger charge is 2.32. The number of carbonyl (C=O) groups is 2. The van der Waals surface area contributed by atoms with Crippen molar-refractivity contribution in [2.24, 2.45) is 10.9 Å². The summed E-state index contributed by atoms with van der Waals surface area (Å²) < 4.78 is 6.99. The van der Waals surface area contributed by atoms with Gasteiger partial charge < -0.3 is 9.64 Å². The van der Waals surface area contributed by atoms with E-state index in [0.29, 0.717) is 42.6 Å². The zero-order valence-electron chi connectivity index (χ0n) is 19.5. The van der Waals surface area contributed by atoms with Crippen molar-refractivity contribution in [1.29, 1.82) is 0 Å². The zero-order valence-corrected chi connectivity index (χ0v) is 20.3. The van der Waals surface area contributed by atoms with E-state index in [0.717, 1.165) is 22.5 Å². The number of hydrogen-bond acceptors (Lipinski definition) is 6. The average molecular weight is 487 g/mol. The topological polar surface area (TPSA) is 76.8 Å². The molecule has 0 aliphatic carbocycles. The summed E-state index contributed by atoms with van der Waals surface area (Å²) in [5.74, 6) is -0.459. The lowest BCUT2D eigenvalue weighted by molar-refractivity contribution is -0.149. The van der Waals surface area contributed by atoms with Gasteiger partial charge in [0.2, 0.25) is 0 Å². The maximum atomic E-state index is 12.8. The molecule has 1 aromatic heterocycles. The first kappa shape index (κ1) is 23.1. The van der Waals surface area contributed by atoms with E-state index in [9.17, 15) is 9.59 Å². The van der Waals surface area contributed by atoms with Gasteiger partial charge in [0.1, 0.15) is 0 Å². The lowest BCUT2D eigenvalue weighted by Crippen LogP contribution is -2.39. The molecule has 1 fully saturated rings. The van der Waals surface area contributed by atoms with Crippen LogP contribution in [0.1, 0.15) is 25.3 Å². The summed E-state index contributed by atoms with van der Waals surface area (Å²) in [6.07, 6.45) is 5.23. The number of likely N-dealkylation sites (tertiary alicyclic amines) is 1. The van der Waals surface area contributed by atoms with Gasteiger partial charge in [-0.2, -0.15) is 10.1 Å². The van der Waals surface area contributed by atoms with Crippen LogP contribution in [0.15, 0.2) is 76.8 Å². The predicted molar refractivity (Wildman–Crippen MR) is 138 cm³/mol. The molecule has 0 spiro atoms. The van der Waals surface area contributed by atoms with E-state index in [4.69, 9.17) is 9.84 Å². The standard InChI is InChI=1S/C27H26N4O3S/c1-2-34-26(33)20-13-15-30(16-14-20)27-28-25(32)23(35-27)17-21-18-31(22-11-7-4-8-12-22)29-24(21)19-9-5-3-6-10-19/h3-12,17-18,20H,2,13-16H2,1H3/b23-17+. The number of piperidine rings is 1. The lowest BCUT2D eigenvalue weighted by Gasteiger charge is -2.31. The number of aliphatic imine (C=N–C) groups is 1. The van der Waals surface area contributed by atoms with Crippen LogP contribution in [0.2, 0.25) is 0 Å². The number of benzene rings is 2. The number of hydrogen-bond donors (Lipinski definition) is 0. The van der Waals surface area contributed by atoms with Gasteiger partial charge in [-0.05, 0) is 49.7 Å². The van der Waals surface area contributed by atoms with Gasteiger partial charge in [-0.15, -0.1) is 0 Å². The van der Waals surface area contributed by atoms with Gasteiger partial charge in [0.05, 0.1) is 28.8 Å². The molecular formula is C27H26N4O3S. The van der Waals surface area contributed by atoms with Crippen LogP contribution in [0.25, 0.3) is 23.0 Å². The SMILES string of the molecule is CCOC(=O)C1CCN(C2=NC(=O)/C(=C\c3cn(-c4ccccc4)nc3-c3ccccc3)S2)CC1. The van der Waals surface area contributed by atoms with Gasteiger partial charge in [0.25, 0.3) is 5.91 Å². The summed E-state index contributed by atoms with van der Waals surface area (Å²) in [4.78, 5) is 31.8. The maximum absolute atomic E-state index is 12.8. The van der Waals surface area contributed by atoms with Crippen molar-refractivity contribution in [2.45, 2.75) is 19.8 Å². The Bertz CT molecular complexity index is 1280. The molecule has 178 valence electrons. The van der Waals surface area contributed by atoms with Crippen LogP contribution < -0.4 is 0 Å². The van der Waals surface area contributed by atoms with Crippen LogP contribution in [0.4, 0.5) is 0 Å². The molecule has 0 saturated carbocycles. The Morgan fingerprint density at radius 1 is 1.09 bits per heavy atom. The summed E-state index contributed by atoms with van der Waals surface area (Å²) in [6, 6.07) is 19.8. The number of thioether (sulfide) groups is 1. The molecule has 35 heavy (non-hydrogen) atoms. The molecule has 2 aliphatic heterocycles. The third-order valence-corrected chi connectivity index (χ3v) is 7.14. The first-order valence-electron chi connectivity index (χ1n) is 11.8. The molecule has 2 aliphatic rings. The second-order valence-electron chi connectivity index (χ2n) is 8.40. The highest BCUT2D eigenvalue weighted by molar-refractivity contribution is 8.18. The number of ether oxygens (including phenoxy) is 1. The summed E-state index contributed by atoms with van der Waals surface area (Å²) in [6.45, 7) is 3.58. The van der Waals surface area contributed by atoms with Gasteiger partial charge in [-0.1, -0.05) is 48.5 Å². The van der Waals surface area contributed by atoms with E-state index in [1.54, 1.807) is 0 Å². The minimum absolute atomic E-state index is 0.0822. The van der Waals surface area contributed by atoms with Crippen molar-refractivity contribution in [3.63, 3.8) is 0 Å². The number of nitrogens with zero attached hydrogens (tertiary/aromatic N) is 4. The van der Waals surface area contributed by atoms with Crippen molar-refractivity contribution in [1.82, 2.24) is 14.7 Å². The molecule has 0 bridgehead atoms. The van der Waals surface area contributed by atoms with Crippen LogP contribution >= 0.6 is 11.8 Å². The Kier molecular flexibility index (Phi) is 6.81. The van der Waals surface area contributed by atoms with Gasteiger partial charge in [0.15, 0.2) is 5.17 Å². The van der Waals surface area contributed by atoms with Crippen LogP contribution in [0, 0.1) is 5.92 Å². The number of rotatable bonds is 5. The lowest BCUT2D eigenvalue weighted by atomic mass is 9.97. The number of para-hydroxylation sites is 1. The Balaban J connectivity index is 1.37. The maximum Gasteiger partial charge on any atom is 0.309 e. The van der Waals surface area contributed by atoms with E-state index >= 15 is 0 Å². The molecule has 8 heteroatoms. The molecule has 7 nitrogen and oxygen atoms in total. The molecule has 0 atom stereocenters. The van der Waals surface area contributed by atoms with Crippen LogP contribution in [-0.4, -0.2) is 51.4 Å². The number of esters is 1. The van der Waals surface area contributed by atoms with E-state index in [2.05, 4.69) is 9.89 Å². The minimum atomic E-state index is -0.246. The second-order valence-corrected chi connectivity index (χ2v) is 9.41. The van der Waals surface area contributed by atoms with Gasteiger partial charge in [-0.3, -0.25) is 9.59 Å². The van der Waals surface area contributed by atoms with E-state index in [-0.39, 0.29) is 17.8 Å². The Hall–Kier alpha value is -3.65. The third-order valence-electron chi connectivity index (χ3n) is 6.09. The molecule has 5 rings (SSSR count). The Morgan fingerprint density at radius 2 is 1.77 bits per heavy atom. The fraction of sp³-hybridized carbons (Fsp3) is 0.259. The first-order chi connectivity index (χ1) is 17.1. The molecule has 1 amide bonds. The van der Waals surface area contributed by atoms with Crippen LogP contribution in [0.3, 0.4) is 0 Å². The predicted octanol–water partition coefficient (Wildman–Crippen LogP) is 4.78. The summed E-state index contributed by atoms with van der Waals surface area (Å²) in [5.41, 5.74) is 3.58. The monoisotopic (exact) mass is 486 g/mol. The van der Waals surface area contributed by atoms with Gasteiger partial charge >= 0.3 is 5.97 Å². The molecule has 2 aromatic carbocycles. The van der Waals surface area contributed by atoms with E-state index < -0.39 is 0 Å². The minimum Gasteiger partial charge on any atom is -0.466 e. The van der Waals surface area contributed by atoms with E-state index in [1.165, 1.54) is 11.8 Å². The quantitative estimate of drug-likeness (QED) is 0.381. The molecule has 3 aromatic rings. The van der Waals surface area contributed by atoms with Crippen LogP contribution in [0.5, 0.6) is 0 Å². The fourth-order valence-electron chi connectivity index (χ4n) is 4.27. The van der Waals surface area contributed by atoms with Gasteiger partial charge in [0, 0.05) is 30.4 Å². The smallest absolute Gasteiger partial charge is 0.309 e. The highest BCUT2D eigenvalue weighted by atomic mass is 32.2. The van der Waals surface area contributed by atoms with Crippen molar-refractivity contribution >= 4 is 34.9 Å². The third kappa shape index (κ3) is 5.07. The Labute approximate surface area is 208 Å². The average Bonchev–Trinajstić information content (AvgIpc) is 3.49. The molecule has 1 saturated heterocycles. The van der Waals surface area contributed by atoms with Crippen molar-refractivity contribution < 1.29 is 14.3 Å². The molecule has 0 radical (unpaired) electrons. The highest BCUT2D eigenvalue weighted by Crippen LogP contribution is 2.34. The number of aromatic nitrogens is 2. The summed E-state index contributed by atoms with van der Waals surface area (Å²) >= 11 is 1.38. The number of carbonyl (C=O) groups excluding carboxylic acids is 2. The molecular weight excluding hydrogens is 460 g/mol. The summed E-state index contributed by atoms with van der Waals surface area (Å²) in [7, 11) is 0. The second kappa shape index (κ2) is 10.3. The summed E-state index contributed by atoms with van der Waals surface area (Å²) in [5, 5.41) is 5.52. The van der Waals surface area contributed by atoms with Crippen molar-refractivity contribution in [3.05, 3.63) is 77.3 Å². The van der Waals surface area contributed by atoms with Gasteiger partial charge in [-0.25, -0.2) is 4.68 Å². The zero-order chi connectivity index (χ0) is 24.2. The largest absolute Gasteiger partial charge is 0.466 e. The molecule has 0 unspecified atom stereocenters. The molecule has 0 N–H and O–H groups in total.